The van der Waals surface area contributed by atoms with Gasteiger partial charge in [0.1, 0.15) is 11.9 Å². The maximum absolute atomic E-state index is 11.1. The summed E-state index contributed by atoms with van der Waals surface area (Å²) in [6, 6.07) is 7.14. The number of aryl methyl sites for hydroxylation is 1. The minimum absolute atomic E-state index is 0.106. The number of anilines is 1. The number of carbonyl (C=O) groups is 1. The number of nitrogens with zero attached hydrogens (tertiary/aromatic N) is 2. The van der Waals surface area contributed by atoms with E-state index in [2.05, 4.69) is 15.0 Å². The van der Waals surface area contributed by atoms with Gasteiger partial charge in [0.2, 0.25) is 0 Å². The van der Waals surface area contributed by atoms with E-state index >= 15 is 0 Å². The number of pyridine rings is 1. The highest BCUT2D eigenvalue weighted by atomic mass is 16.5. The third-order valence-corrected chi connectivity index (χ3v) is 1.78. The van der Waals surface area contributed by atoms with Crippen LogP contribution >= 0.6 is 0 Å². The predicted molar refractivity (Wildman–Crippen MR) is 58.3 cm³/mol. The van der Waals surface area contributed by atoms with Gasteiger partial charge >= 0.3 is 5.97 Å². The molecule has 1 heterocycles. The average Bonchev–Trinajstić information content (AvgIpc) is 2.29. The highest BCUT2D eigenvalue weighted by Crippen LogP contribution is 2.05. The van der Waals surface area contributed by atoms with Crippen molar-refractivity contribution < 1.29 is 9.53 Å². The van der Waals surface area contributed by atoms with Crippen LogP contribution in [0.3, 0.4) is 0 Å². The van der Waals surface area contributed by atoms with Gasteiger partial charge in [0.15, 0.2) is 5.57 Å². The smallest absolute Gasteiger partial charge is 0.350 e. The van der Waals surface area contributed by atoms with E-state index in [0.29, 0.717) is 5.82 Å². The maximum Gasteiger partial charge on any atom is 0.350 e. The minimum Gasteiger partial charge on any atom is -0.465 e. The van der Waals surface area contributed by atoms with Crippen LogP contribution in [-0.4, -0.2) is 18.1 Å². The SMILES string of the molecule is COC(=O)C(C#N)=CNc1cccc(C)n1. The predicted octanol–water partition coefficient (Wildman–Crippen LogP) is 1.38. The first kappa shape index (κ1) is 11.7. The van der Waals surface area contributed by atoms with Gasteiger partial charge in [-0.15, -0.1) is 0 Å². The first-order valence-corrected chi connectivity index (χ1v) is 4.56. The molecule has 1 N–H and O–H groups in total. The average molecular weight is 217 g/mol. The van der Waals surface area contributed by atoms with Crippen LogP contribution in [0, 0.1) is 18.3 Å². The fraction of sp³-hybridized carbons (Fsp3) is 0.182. The van der Waals surface area contributed by atoms with Crippen molar-refractivity contribution in [2.75, 3.05) is 12.4 Å². The maximum atomic E-state index is 11.1. The molecule has 0 spiro atoms. The van der Waals surface area contributed by atoms with Crippen LogP contribution in [0.4, 0.5) is 5.82 Å². The lowest BCUT2D eigenvalue weighted by Crippen LogP contribution is -2.05. The summed E-state index contributed by atoms with van der Waals surface area (Å²) < 4.78 is 4.43. The van der Waals surface area contributed by atoms with Crippen molar-refractivity contribution in [3.8, 4) is 6.07 Å². The Bertz CT molecular complexity index is 461. The van der Waals surface area contributed by atoms with E-state index in [4.69, 9.17) is 5.26 Å². The summed E-state index contributed by atoms with van der Waals surface area (Å²) in [5.41, 5.74) is 0.737. The van der Waals surface area contributed by atoms with Gasteiger partial charge in [-0.25, -0.2) is 9.78 Å². The quantitative estimate of drug-likeness (QED) is 0.470. The molecule has 0 saturated carbocycles. The summed E-state index contributed by atoms with van der Waals surface area (Å²) in [5, 5.41) is 11.4. The van der Waals surface area contributed by atoms with E-state index in [1.165, 1.54) is 13.3 Å². The zero-order valence-electron chi connectivity index (χ0n) is 9.02. The highest BCUT2D eigenvalue weighted by molar-refractivity contribution is 5.92. The van der Waals surface area contributed by atoms with E-state index < -0.39 is 5.97 Å². The minimum atomic E-state index is -0.678. The van der Waals surface area contributed by atoms with E-state index in [1.807, 2.05) is 19.1 Å². The Morgan fingerprint density at radius 3 is 2.94 bits per heavy atom. The van der Waals surface area contributed by atoms with Gasteiger partial charge in [0, 0.05) is 11.9 Å². The molecule has 82 valence electrons. The van der Waals surface area contributed by atoms with Crippen LogP contribution in [0.1, 0.15) is 5.69 Å². The standard InChI is InChI=1S/C11H11N3O2/c1-8-4-3-5-10(14-8)13-7-9(6-12)11(15)16-2/h3-5,7H,1-2H3,(H,13,14). The van der Waals surface area contributed by atoms with Crippen LogP contribution in [0.15, 0.2) is 30.0 Å². The monoisotopic (exact) mass is 217 g/mol. The van der Waals surface area contributed by atoms with E-state index in [9.17, 15) is 4.79 Å². The van der Waals surface area contributed by atoms with E-state index in [-0.39, 0.29) is 5.57 Å². The normalized spacial score (nSPS) is 10.4. The fourth-order valence-corrected chi connectivity index (χ4v) is 1.02. The molecule has 0 aromatic carbocycles. The number of nitrogens with one attached hydrogen (secondary N) is 1. The molecule has 16 heavy (non-hydrogen) atoms. The number of rotatable bonds is 3. The molecule has 0 amide bonds. The van der Waals surface area contributed by atoms with Gasteiger partial charge in [-0.2, -0.15) is 5.26 Å². The lowest BCUT2D eigenvalue weighted by Gasteiger charge is -2.01. The number of hydrogen-bond acceptors (Lipinski definition) is 5. The van der Waals surface area contributed by atoms with Crippen molar-refractivity contribution in [3.05, 3.63) is 35.7 Å². The number of aromatic nitrogens is 1. The zero-order chi connectivity index (χ0) is 12.0. The number of hydrogen-bond donors (Lipinski definition) is 1. The molecule has 0 unspecified atom stereocenters. The molecule has 0 aliphatic rings. The number of nitriles is 1. The summed E-state index contributed by atoms with van der Waals surface area (Å²) in [6.07, 6.45) is 1.27. The lowest BCUT2D eigenvalue weighted by molar-refractivity contribution is -0.135. The van der Waals surface area contributed by atoms with Crippen LogP contribution in [-0.2, 0) is 9.53 Å². The molecule has 1 aromatic rings. The lowest BCUT2D eigenvalue weighted by atomic mass is 10.3. The van der Waals surface area contributed by atoms with Crippen molar-refractivity contribution in [1.29, 1.82) is 5.26 Å². The second kappa shape index (κ2) is 5.51. The topological polar surface area (TPSA) is 75.0 Å². The highest BCUT2D eigenvalue weighted by Gasteiger charge is 2.07. The number of ether oxygens (including phenoxy) is 1. The third-order valence-electron chi connectivity index (χ3n) is 1.78. The second-order valence-electron chi connectivity index (χ2n) is 2.97. The van der Waals surface area contributed by atoms with Gasteiger partial charge in [-0.05, 0) is 19.1 Å². The van der Waals surface area contributed by atoms with E-state index in [1.54, 1.807) is 12.1 Å². The summed E-state index contributed by atoms with van der Waals surface area (Å²) in [6.45, 7) is 1.85. The van der Waals surface area contributed by atoms with Crippen LogP contribution in [0.2, 0.25) is 0 Å². The summed E-state index contributed by atoms with van der Waals surface area (Å²) in [4.78, 5) is 15.2. The molecule has 0 bridgehead atoms. The number of carbonyl (C=O) groups excluding carboxylic acids is 1. The van der Waals surface area contributed by atoms with Gasteiger partial charge in [0.25, 0.3) is 0 Å². The van der Waals surface area contributed by atoms with Gasteiger partial charge in [0.05, 0.1) is 7.11 Å². The molecule has 0 fully saturated rings. The summed E-state index contributed by atoms with van der Waals surface area (Å²) >= 11 is 0. The first-order valence-electron chi connectivity index (χ1n) is 4.56. The zero-order valence-corrected chi connectivity index (χ0v) is 9.02. The Morgan fingerprint density at radius 1 is 1.62 bits per heavy atom. The molecule has 1 rings (SSSR count). The van der Waals surface area contributed by atoms with Crippen LogP contribution in [0.5, 0.6) is 0 Å². The van der Waals surface area contributed by atoms with Crippen molar-refractivity contribution in [2.24, 2.45) is 0 Å². The Balaban J connectivity index is 2.79. The Labute approximate surface area is 93.4 Å². The number of esters is 1. The van der Waals surface area contributed by atoms with Gasteiger partial charge in [-0.1, -0.05) is 6.07 Å². The van der Waals surface area contributed by atoms with Gasteiger partial charge in [-0.3, -0.25) is 0 Å². The Hall–Kier alpha value is -2.35. The molecule has 0 atom stereocenters. The molecular formula is C11H11N3O2. The molecule has 0 aliphatic heterocycles. The van der Waals surface area contributed by atoms with Gasteiger partial charge < -0.3 is 10.1 Å². The summed E-state index contributed by atoms with van der Waals surface area (Å²) in [7, 11) is 1.22. The van der Waals surface area contributed by atoms with Crippen LogP contribution in [0.25, 0.3) is 0 Å². The van der Waals surface area contributed by atoms with Crippen molar-refractivity contribution >= 4 is 11.8 Å². The molecule has 0 radical (unpaired) electrons. The van der Waals surface area contributed by atoms with Crippen LogP contribution < -0.4 is 5.32 Å². The molecule has 0 saturated heterocycles. The largest absolute Gasteiger partial charge is 0.465 e. The van der Waals surface area contributed by atoms with E-state index in [0.717, 1.165) is 5.69 Å². The van der Waals surface area contributed by atoms with Crippen molar-refractivity contribution in [1.82, 2.24) is 4.98 Å². The third kappa shape index (κ3) is 3.10. The summed E-state index contributed by atoms with van der Waals surface area (Å²) in [5.74, 6) is -0.112. The fourth-order valence-electron chi connectivity index (χ4n) is 1.02. The molecular weight excluding hydrogens is 206 g/mol. The molecule has 1 aromatic heterocycles. The molecule has 5 nitrogen and oxygen atoms in total. The second-order valence-corrected chi connectivity index (χ2v) is 2.97. The Morgan fingerprint density at radius 2 is 2.38 bits per heavy atom. The molecule has 5 heteroatoms. The Kier molecular flexibility index (Phi) is 4.04. The van der Waals surface area contributed by atoms with Crippen molar-refractivity contribution in [2.45, 2.75) is 6.92 Å². The molecule has 0 aliphatic carbocycles. The first-order chi connectivity index (χ1) is 7.67. The van der Waals surface area contributed by atoms with Crippen molar-refractivity contribution in [3.63, 3.8) is 0 Å². The number of methoxy groups -OCH3 is 1.